The van der Waals surface area contributed by atoms with Gasteiger partial charge in [0.05, 0.1) is 12.7 Å². The van der Waals surface area contributed by atoms with Gasteiger partial charge in [0.15, 0.2) is 5.65 Å². The first-order valence-corrected chi connectivity index (χ1v) is 12.0. The third kappa shape index (κ3) is 6.86. The zero-order valence-electron chi connectivity index (χ0n) is 21.1. The maximum Gasteiger partial charge on any atom is 0.176 e. The van der Waals surface area contributed by atoms with Crippen LogP contribution in [-0.2, 0) is 11.3 Å². The van der Waals surface area contributed by atoms with Crippen LogP contribution in [0.4, 0.5) is 4.39 Å². The summed E-state index contributed by atoms with van der Waals surface area (Å²) in [5.74, 6) is 1.54. The van der Waals surface area contributed by atoms with Crippen LogP contribution in [0.3, 0.4) is 0 Å². The highest BCUT2D eigenvalue weighted by Crippen LogP contribution is 2.27. The molecule has 6 heteroatoms. The highest BCUT2D eigenvalue weighted by atomic mass is 19.1. The van der Waals surface area contributed by atoms with Crippen molar-refractivity contribution in [3.63, 3.8) is 0 Å². The summed E-state index contributed by atoms with van der Waals surface area (Å²) in [6, 6.07) is 12.8. The maximum atomic E-state index is 13.2. The molecular formula is C28H43FN4O. The van der Waals surface area contributed by atoms with E-state index in [1.165, 1.54) is 48.9 Å². The molecule has 0 aliphatic heterocycles. The first-order chi connectivity index (χ1) is 16.5. The van der Waals surface area contributed by atoms with E-state index in [2.05, 4.69) is 54.9 Å². The second kappa shape index (κ2) is 13.4. The van der Waals surface area contributed by atoms with Gasteiger partial charge >= 0.3 is 0 Å². The van der Waals surface area contributed by atoms with Crippen molar-refractivity contribution < 1.29 is 13.5 Å². The highest BCUT2D eigenvalue weighted by Gasteiger charge is 2.11. The van der Waals surface area contributed by atoms with Crippen LogP contribution >= 0.6 is 0 Å². The normalized spacial score (nSPS) is 10.6. The second-order valence-electron chi connectivity index (χ2n) is 8.42. The van der Waals surface area contributed by atoms with Gasteiger partial charge in [0.2, 0.25) is 0 Å². The molecule has 4 rings (SSSR count). The number of rotatable bonds is 7. The van der Waals surface area contributed by atoms with E-state index in [9.17, 15) is 4.39 Å². The van der Waals surface area contributed by atoms with Gasteiger partial charge in [-0.25, -0.2) is 14.4 Å². The Balaban J connectivity index is 0. The summed E-state index contributed by atoms with van der Waals surface area (Å²) in [6.07, 6.45) is 7.31. The highest BCUT2D eigenvalue weighted by molar-refractivity contribution is 5.72. The number of benzene rings is 2. The molecule has 0 amide bonds. The summed E-state index contributed by atoms with van der Waals surface area (Å²) < 4.78 is 15.2. The number of aromatic nitrogens is 4. The standard InChI is InChI=1S/C19H17FN4.C8H18.CH2O.3H2/c1-12-15(11-24-19-18(23-24)10-21-13(2)22-19)4-3-5-17(12)14-6-8-16(20)9-7-14;1-4-7-8(5-2)6-3;1-2;;;/h3-10,23H,11H2,1-2H3;8H,4-7H2,1-3H3;1H2;3*1H. The zero-order chi connectivity index (χ0) is 25.1. The summed E-state index contributed by atoms with van der Waals surface area (Å²) in [5, 5.41) is 3.25. The van der Waals surface area contributed by atoms with E-state index >= 15 is 0 Å². The summed E-state index contributed by atoms with van der Waals surface area (Å²) >= 11 is 0. The van der Waals surface area contributed by atoms with Gasteiger partial charge in [-0.1, -0.05) is 76.8 Å². The molecule has 2 aromatic carbocycles. The molecule has 0 radical (unpaired) electrons. The summed E-state index contributed by atoms with van der Waals surface area (Å²) in [7, 11) is 0. The first kappa shape index (κ1) is 27.0. The Morgan fingerprint density at radius 2 is 1.74 bits per heavy atom. The number of hydrogen-bond acceptors (Lipinski definition) is 3. The number of aryl methyl sites for hydroxylation is 1. The van der Waals surface area contributed by atoms with Crippen LogP contribution in [0.2, 0.25) is 0 Å². The van der Waals surface area contributed by atoms with Crippen LogP contribution in [0.25, 0.3) is 22.3 Å². The van der Waals surface area contributed by atoms with Gasteiger partial charge in [0.1, 0.15) is 23.9 Å². The number of carbonyl (C=O) groups excluding carboxylic acids is 1. The van der Waals surface area contributed by atoms with Gasteiger partial charge in [0.25, 0.3) is 0 Å². The molecule has 0 fully saturated rings. The lowest BCUT2D eigenvalue weighted by atomic mass is 9.96. The van der Waals surface area contributed by atoms with E-state index in [0.717, 1.165) is 34.0 Å². The predicted octanol–water partition coefficient (Wildman–Crippen LogP) is 8.01. The number of halogens is 1. The molecular weight excluding hydrogens is 427 g/mol. The van der Waals surface area contributed by atoms with Crippen LogP contribution in [0.1, 0.15) is 67.7 Å². The molecule has 2 heterocycles. The van der Waals surface area contributed by atoms with Gasteiger partial charge in [-0.15, -0.1) is 0 Å². The molecule has 0 spiro atoms. The summed E-state index contributed by atoms with van der Waals surface area (Å²) in [6.45, 7) is 13.5. The molecule has 0 bridgehead atoms. The van der Waals surface area contributed by atoms with E-state index in [4.69, 9.17) is 4.79 Å². The Kier molecular flexibility index (Phi) is 10.7. The second-order valence-corrected chi connectivity index (χ2v) is 8.42. The smallest absolute Gasteiger partial charge is 0.176 e. The van der Waals surface area contributed by atoms with Crippen molar-refractivity contribution in [2.45, 2.75) is 66.8 Å². The lowest BCUT2D eigenvalue weighted by Crippen LogP contribution is -2.15. The lowest BCUT2D eigenvalue weighted by molar-refractivity contribution is -0.0979. The molecule has 1 N–H and O–H groups in total. The van der Waals surface area contributed by atoms with Crippen molar-refractivity contribution in [3.8, 4) is 11.1 Å². The van der Waals surface area contributed by atoms with Crippen molar-refractivity contribution in [2.75, 3.05) is 0 Å². The number of hydrogen-bond donors (Lipinski definition) is 1. The fraction of sp³-hybridized carbons (Fsp3) is 0.393. The summed E-state index contributed by atoms with van der Waals surface area (Å²) in [5.41, 5.74) is 6.40. The molecule has 0 saturated carbocycles. The van der Waals surface area contributed by atoms with Crippen molar-refractivity contribution in [3.05, 3.63) is 71.4 Å². The average molecular weight is 471 g/mol. The van der Waals surface area contributed by atoms with Gasteiger partial charge in [-0.2, -0.15) is 0 Å². The molecule has 0 unspecified atom stereocenters. The van der Waals surface area contributed by atoms with Crippen molar-refractivity contribution in [1.82, 2.24) is 19.7 Å². The Labute approximate surface area is 206 Å². The SMILES string of the molecule is C=O.CCCC(CC)CC.Cc1ncc2[nH]n(Cc3cccc(-c4ccc(F)cc4)c3C)c2n1.[HH].[HH].[HH]. The molecule has 0 atom stereocenters. The van der Waals surface area contributed by atoms with E-state index in [-0.39, 0.29) is 10.1 Å². The lowest BCUT2D eigenvalue weighted by Gasteiger charge is -2.18. The monoisotopic (exact) mass is 470 g/mol. The maximum absolute atomic E-state index is 13.2. The van der Waals surface area contributed by atoms with Crippen LogP contribution in [0.5, 0.6) is 0 Å². The van der Waals surface area contributed by atoms with Crippen LogP contribution < -0.4 is 0 Å². The van der Waals surface area contributed by atoms with Crippen molar-refractivity contribution in [2.24, 2.45) is 5.92 Å². The van der Waals surface area contributed by atoms with E-state index < -0.39 is 0 Å². The topological polar surface area (TPSA) is 63.6 Å². The first-order valence-electron chi connectivity index (χ1n) is 12.0. The Morgan fingerprint density at radius 3 is 2.32 bits per heavy atom. The molecule has 0 saturated heterocycles. The molecule has 4 aromatic rings. The van der Waals surface area contributed by atoms with Gasteiger partial charge in [-0.05, 0) is 54.2 Å². The van der Waals surface area contributed by atoms with Gasteiger partial charge in [0, 0.05) is 4.28 Å². The van der Waals surface area contributed by atoms with Crippen molar-refractivity contribution >= 4 is 18.0 Å². The van der Waals surface area contributed by atoms with E-state index in [1.807, 2.05) is 36.6 Å². The van der Waals surface area contributed by atoms with E-state index in [1.54, 1.807) is 6.20 Å². The molecule has 2 aromatic heterocycles. The van der Waals surface area contributed by atoms with Crippen LogP contribution in [0, 0.1) is 25.6 Å². The molecule has 188 valence electrons. The average Bonchev–Trinajstić information content (AvgIpc) is 2.85. The summed E-state index contributed by atoms with van der Waals surface area (Å²) in [4.78, 5) is 16.6. The molecule has 5 nitrogen and oxygen atoms in total. The fourth-order valence-electron chi connectivity index (χ4n) is 4.07. The number of fused-ring (bicyclic) bond motifs is 1. The molecule has 0 aliphatic carbocycles. The Bertz CT molecular complexity index is 1160. The van der Waals surface area contributed by atoms with Crippen LogP contribution in [0.15, 0.2) is 48.7 Å². The number of carbonyl (C=O) groups is 1. The molecule has 34 heavy (non-hydrogen) atoms. The minimum Gasteiger partial charge on any atom is -0.307 e. The third-order valence-electron chi connectivity index (χ3n) is 6.18. The minimum atomic E-state index is -0.219. The van der Waals surface area contributed by atoms with Crippen molar-refractivity contribution in [1.29, 1.82) is 0 Å². The predicted molar refractivity (Wildman–Crippen MR) is 145 cm³/mol. The van der Waals surface area contributed by atoms with E-state index in [0.29, 0.717) is 6.54 Å². The number of nitrogens with zero attached hydrogens (tertiary/aromatic N) is 3. The zero-order valence-corrected chi connectivity index (χ0v) is 21.1. The number of H-pyrrole nitrogens is 1. The quantitative estimate of drug-likeness (QED) is 0.297. The largest absolute Gasteiger partial charge is 0.307 e. The van der Waals surface area contributed by atoms with Gasteiger partial charge < -0.3 is 4.79 Å². The number of aromatic amines is 1. The fourth-order valence-corrected chi connectivity index (χ4v) is 4.07. The minimum absolute atomic E-state index is 0. The Morgan fingerprint density at radius 1 is 1.06 bits per heavy atom. The third-order valence-corrected chi connectivity index (χ3v) is 6.18. The van der Waals surface area contributed by atoms with Gasteiger partial charge in [-0.3, -0.25) is 9.78 Å². The number of nitrogens with one attached hydrogen (secondary N) is 1. The molecule has 0 aliphatic rings. The Hall–Kier alpha value is -3.28. The van der Waals surface area contributed by atoms with Crippen LogP contribution in [-0.4, -0.2) is 26.5 Å².